The minimum Gasteiger partial charge on any atom is -0.427 e. The molecular weight excluding hydrogens is 292 g/mol. The van der Waals surface area contributed by atoms with Gasteiger partial charge in [-0.3, -0.25) is 4.79 Å². The molecule has 0 bridgehead atoms. The number of ketones is 1. The number of allylic oxidation sites excluding steroid dienone is 1. The van der Waals surface area contributed by atoms with Crippen molar-refractivity contribution in [3.63, 3.8) is 0 Å². The van der Waals surface area contributed by atoms with Crippen molar-refractivity contribution < 1.29 is 9.21 Å². The summed E-state index contributed by atoms with van der Waals surface area (Å²) in [5, 5.41) is 2.93. The third-order valence-corrected chi connectivity index (χ3v) is 4.20. The van der Waals surface area contributed by atoms with Gasteiger partial charge in [-0.05, 0) is 25.0 Å². The zero-order chi connectivity index (χ0) is 17.6. The van der Waals surface area contributed by atoms with Crippen molar-refractivity contribution in [3.8, 4) is 0 Å². The van der Waals surface area contributed by atoms with Crippen molar-refractivity contribution in [2.75, 3.05) is 12.8 Å². The van der Waals surface area contributed by atoms with Crippen LogP contribution >= 0.6 is 0 Å². The predicted molar refractivity (Wildman–Crippen MR) is 93.6 cm³/mol. The topological polar surface area (TPSA) is 85.3 Å². The number of nitrogen functional groups attached to an aromatic ring is 1. The Labute approximate surface area is 138 Å². The molecule has 0 radical (unpaired) electrons. The Morgan fingerprint density at radius 1 is 1.35 bits per heavy atom. The average Bonchev–Trinajstić information content (AvgIpc) is 2.49. The van der Waals surface area contributed by atoms with Crippen LogP contribution in [0, 0.1) is 11.8 Å². The molecule has 0 fully saturated rings. The first-order chi connectivity index (χ1) is 10.8. The summed E-state index contributed by atoms with van der Waals surface area (Å²) >= 11 is 0. The molecule has 0 aromatic carbocycles. The lowest BCUT2D eigenvalue weighted by Gasteiger charge is -2.16. The highest BCUT2D eigenvalue weighted by Crippen LogP contribution is 2.25. The number of carbonyl (C=O) groups excluding carboxylic acids is 1. The van der Waals surface area contributed by atoms with E-state index in [1.807, 2.05) is 40.1 Å². The number of hydrogen-bond acceptors (Lipinski definition) is 5. The van der Waals surface area contributed by atoms with Crippen molar-refractivity contribution in [3.05, 3.63) is 40.1 Å². The van der Waals surface area contributed by atoms with Gasteiger partial charge in [0.15, 0.2) is 5.78 Å². The molecule has 0 saturated heterocycles. The second kappa shape index (κ2) is 8.56. The van der Waals surface area contributed by atoms with Gasteiger partial charge in [-0.2, -0.15) is 0 Å². The fourth-order valence-corrected chi connectivity index (χ4v) is 2.24. The standard InChI is InChI=1S/C18H28N2O3/c1-11(2)13(4)17(21)16-14(19)10-15(23-18(16)22)12(3)8-6-7-9-20-5/h7,9-13,20H,6,8,19H2,1-5H3/b9-7+. The second-order valence-electron chi connectivity index (χ2n) is 6.33. The zero-order valence-corrected chi connectivity index (χ0v) is 14.7. The largest absolute Gasteiger partial charge is 0.427 e. The quantitative estimate of drug-likeness (QED) is 0.718. The molecule has 5 heteroatoms. The highest BCUT2D eigenvalue weighted by Gasteiger charge is 2.25. The first-order valence-electron chi connectivity index (χ1n) is 8.09. The van der Waals surface area contributed by atoms with Crippen LogP contribution < -0.4 is 16.7 Å². The number of nitrogens with two attached hydrogens (primary N) is 1. The van der Waals surface area contributed by atoms with Crippen LogP contribution in [0.5, 0.6) is 0 Å². The van der Waals surface area contributed by atoms with E-state index in [0.717, 1.165) is 12.8 Å². The molecule has 1 heterocycles. The van der Waals surface area contributed by atoms with E-state index >= 15 is 0 Å². The van der Waals surface area contributed by atoms with Gasteiger partial charge in [0, 0.05) is 24.9 Å². The van der Waals surface area contributed by atoms with E-state index in [4.69, 9.17) is 10.2 Å². The molecule has 1 aromatic rings. The van der Waals surface area contributed by atoms with E-state index in [1.165, 1.54) is 0 Å². The van der Waals surface area contributed by atoms with E-state index in [-0.39, 0.29) is 34.8 Å². The van der Waals surface area contributed by atoms with Gasteiger partial charge in [-0.15, -0.1) is 0 Å². The number of carbonyl (C=O) groups is 1. The molecule has 2 atom stereocenters. The fourth-order valence-electron chi connectivity index (χ4n) is 2.24. The molecule has 5 nitrogen and oxygen atoms in total. The van der Waals surface area contributed by atoms with Gasteiger partial charge in [0.1, 0.15) is 11.3 Å². The number of Topliss-reactive ketones (excluding diaryl/α,β-unsaturated/α-hetero) is 1. The van der Waals surface area contributed by atoms with E-state index in [2.05, 4.69) is 5.32 Å². The molecule has 1 rings (SSSR count). The van der Waals surface area contributed by atoms with Gasteiger partial charge in [0.2, 0.25) is 0 Å². The van der Waals surface area contributed by atoms with Gasteiger partial charge < -0.3 is 15.5 Å². The lowest BCUT2D eigenvalue weighted by atomic mass is 9.89. The van der Waals surface area contributed by atoms with Crippen LogP contribution in [0.2, 0.25) is 0 Å². The van der Waals surface area contributed by atoms with Gasteiger partial charge in [-0.25, -0.2) is 4.79 Å². The fraction of sp³-hybridized carbons (Fsp3) is 0.556. The van der Waals surface area contributed by atoms with Crippen LogP contribution in [-0.2, 0) is 0 Å². The summed E-state index contributed by atoms with van der Waals surface area (Å²) in [6.07, 6.45) is 5.57. The molecule has 0 aliphatic heterocycles. The normalized spacial score (nSPS) is 14.2. The SMILES string of the molecule is CN/C=C/CCC(C)c1cc(N)c(C(=O)C(C)C(C)C)c(=O)o1. The Morgan fingerprint density at radius 2 is 2.00 bits per heavy atom. The molecule has 0 amide bonds. The van der Waals surface area contributed by atoms with Crippen molar-refractivity contribution >= 4 is 11.5 Å². The zero-order valence-electron chi connectivity index (χ0n) is 14.7. The molecule has 2 unspecified atom stereocenters. The Hall–Kier alpha value is -2.04. The molecule has 0 aliphatic rings. The summed E-state index contributed by atoms with van der Waals surface area (Å²) in [7, 11) is 1.84. The summed E-state index contributed by atoms with van der Waals surface area (Å²) in [6, 6.07) is 1.62. The maximum atomic E-state index is 12.4. The summed E-state index contributed by atoms with van der Waals surface area (Å²) in [6.45, 7) is 7.66. The Bertz CT molecular complexity index is 617. The van der Waals surface area contributed by atoms with Crippen LogP contribution in [0.25, 0.3) is 0 Å². The molecule has 0 saturated carbocycles. The molecule has 1 aromatic heterocycles. The Morgan fingerprint density at radius 3 is 2.52 bits per heavy atom. The van der Waals surface area contributed by atoms with Crippen LogP contribution in [0.3, 0.4) is 0 Å². The predicted octanol–water partition coefficient (Wildman–Crippen LogP) is 3.31. The number of nitrogens with one attached hydrogen (secondary N) is 1. The smallest absolute Gasteiger partial charge is 0.348 e. The molecule has 0 aliphatic carbocycles. The van der Waals surface area contributed by atoms with Crippen molar-refractivity contribution in [1.29, 1.82) is 0 Å². The average molecular weight is 320 g/mol. The molecule has 3 N–H and O–H groups in total. The van der Waals surface area contributed by atoms with Crippen LogP contribution in [0.1, 0.15) is 62.6 Å². The third-order valence-electron chi connectivity index (χ3n) is 4.20. The molecule has 23 heavy (non-hydrogen) atoms. The summed E-state index contributed by atoms with van der Waals surface area (Å²) < 4.78 is 5.36. The van der Waals surface area contributed by atoms with Gasteiger partial charge in [0.05, 0.1) is 5.69 Å². The van der Waals surface area contributed by atoms with Crippen molar-refractivity contribution in [1.82, 2.24) is 5.32 Å². The molecular formula is C18H28N2O3. The Balaban J connectivity index is 2.99. The van der Waals surface area contributed by atoms with Gasteiger partial charge >= 0.3 is 5.63 Å². The maximum absolute atomic E-state index is 12.4. The summed E-state index contributed by atoms with van der Waals surface area (Å²) in [5.41, 5.74) is 5.54. The monoisotopic (exact) mass is 320 g/mol. The van der Waals surface area contributed by atoms with Crippen LogP contribution in [-0.4, -0.2) is 12.8 Å². The highest BCUT2D eigenvalue weighted by atomic mass is 16.4. The first-order valence-corrected chi connectivity index (χ1v) is 8.09. The second-order valence-corrected chi connectivity index (χ2v) is 6.33. The van der Waals surface area contributed by atoms with Crippen LogP contribution in [0.4, 0.5) is 5.69 Å². The van der Waals surface area contributed by atoms with Gasteiger partial charge in [0.25, 0.3) is 0 Å². The third kappa shape index (κ3) is 4.98. The Kier molecular flexibility index (Phi) is 7.07. The minimum absolute atomic E-state index is 0.0165. The minimum atomic E-state index is -0.630. The van der Waals surface area contributed by atoms with E-state index in [0.29, 0.717) is 5.76 Å². The highest BCUT2D eigenvalue weighted by molar-refractivity contribution is 6.01. The summed E-state index contributed by atoms with van der Waals surface area (Å²) in [5.74, 6) is 0.203. The number of anilines is 1. The number of hydrogen-bond donors (Lipinski definition) is 2. The number of rotatable bonds is 8. The van der Waals surface area contributed by atoms with E-state index < -0.39 is 5.63 Å². The molecule has 128 valence electrons. The first kappa shape index (κ1) is 19.0. The van der Waals surface area contributed by atoms with Gasteiger partial charge in [-0.1, -0.05) is 33.8 Å². The summed E-state index contributed by atoms with van der Waals surface area (Å²) in [4.78, 5) is 24.6. The maximum Gasteiger partial charge on any atom is 0.348 e. The van der Waals surface area contributed by atoms with Crippen molar-refractivity contribution in [2.24, 2.45) is 11.8 Å². The lowest BCUT2D eigenvalue weighted by molar-refractivity contribution is 0.0896. The van der Waals surface area contributed by atoms with E-state index in [1.54, 1.807) is 13.0 Å². The lowest BCUT2D eigenvalue weighted by Crippen LogP contribution is -2.25. The molecule has 0 spiro atoms. The van der Waals surface area contributed by atoms with E-state index in [9.17, 15) is 9.59 Å². The van der Waals surface area contributed by atoms with Crippen LogP contribution in [0.15, 0.2) is 27.6 Å². The van der Waals surface area contributed by atoms with Crippen molar-refractivity contribution in [2.45, 2.75) is 46.5 Å².